The van der Waals surface area contributed by atoms with Crippen LogP contribution in [0.5, 0.6) is 0 Å². The maximum atomic E-state index is 10.1. The first-order chi connectivity index (χ1) is 6.72. The van der Waals surface area contributed by atoms with E-state index in [1.807, 2.05) is 0 Å². The molecule has 0 unspecified atom stereocenters. The Morgan fingerprint density at radius 3 is 2.64 bits per heavy atom. The van der Waals surface area contributed by atoms with Gasteiger partial charge in [0.05, 0.1) is 11.9 Å². The summed E-state index contributed by atoms with van der Waals surface area (Å²) in [6.45, 7) is 1.50. The number of piperidine rings is 1. The number of ether oxygens (including phenoxy) is 1. The number of carboxylic acid groups (broad SMARTS) is 1. The van der Waals surface area contributed by atoms with Gasteiger partial charge in [-0.1, -0.05) is 0 Å². The topological polar surface area (TPSA) is 79.2 Å². The molecule has 0 spiro atoms. The van der Waals surface area contributed by atoms with Gasteiger partial charge in [0.15, 0.2) is 0 Å². The highest BCUT2D eigenvalue weighted by Gasteiger charge is 2.18. The van der Waals surface area contributed by atoms with Gasteiger partial charge in [-0.2, -0.15) is 0 Å². The van der Waals surface area contributed by atoms with Crippen molar-refractivity contribution in [2.75, 3.05) is 26.3 Å². The molecular formula is C8H14N2O4. The summed E-state index contributed by atoms with van der Waals surface area (Å²) in [6, 6.07) is 0. The lowest BCUT2D eigenvalue weighted by atomic mass is 9.99. The lowest BCUT2D eigenvalue weighted by molar-refractivity contribution is -0.142. The van der Waals surface area contributed by atoms with Gasteiger partial charge in [0.2, 0.25) is 0 Å². The van der Waals surface area contributed by atoms with Crippen LogP contribution in [0.15, 0.2) is 5.29 Å². The van der Waals surface area contributed by atoms with Crippen LogP contribution < -0.4 is 0 Å². The van der Waals surface area contributed by atoms with Crippen molar-refractivity contribution in [2.24, 2.45) is 11.2 Å². The summed E-state index contributed by atoms with van der Waals surface area (Å²) >= 11 is 0. The van der Waals surface area contributed by atoms with E-state index in [0.717, 1.165) is 12.8 Å². The fourth-order valence-electron chi connectivity index (χ4n) is 1.48. The average molecular weight is 202 g/mol. The predicted octanol–water partition coefficient (Wildman–Crippen LogP) is 0.481. The molecule has 1 saturated heterocycles. The lowest BCUT2D eigenvalue weighted by Crippen LogP contribution is -2.31. The van der Waals surface area contributed by atoms with E-state index in [2.05, 4.69) is 5.29 Å². The first kappa shape index (κ1) is 10.9. The minimum Gasteiger partial charge on any atom is -0.480 e. The van der Waals surface area contributed by atoms with Crippen LogP contribution in [-0.2, 0) is 9.53 Å². The molecule has 80 valence electrons. The zero-order valence-corrected chi connectivity index (χ0v) is 7.89. The fraction of sp³-hybridized carbons (Fsp3) is 0.875. The van der Waals surface area contributed by atoms with Crippen LogP contribution in [0.1, 0.15) is 12.8 Å². The van der Waals surface area contributed by atoms with E-state index >= 15 is 0 Å². The van der Waals surface area contributed by atoms with Gasteiger partial charge in [-0.25, -0.2) is 4.79 Å². The molecule has 0 amide bonds. The van der Waals surface area contributed by atoms with Crippen molar-refractivity contribution in [1.29, 1.82) is 0 Å². The van der Waals surface area contributed by atoms with Gasteiger partial charge in [-0.3, -0.25) is 5.01 Å². The fourth-order valence-corrected chi connectivity index (χ4v) is 1.48. The molecule has 0 aliphatic carbocycles. The van der Waals surface area contributed by atoms with E-state index in [1.54, 1.807) is 0 Å². The van der Waals surface area contributed by atoms with E-state index in [9.17, 15) is 9.70 Å². The van der Waals surface area contributed by atoms with Gasteiger partial charge in [-0.15, -0.1) is 4.91 Å². The third-order valence-corrected chi connectivity index (χ3v) is 2.29. The Morgan fingerprint density at radius 2 is 2.14 bits per heavy atom. The van der Waals surface area contributed by atoms with E-state index in [4.69, 9.17) is 9.84 Å². The van der Waals surface area contributed by atoms with E-state index in [-0.39, 0.29) is 6.61 Å². The minimum absolute atomic E-state index is 0.244. The summed E-state index contributed by atoms with van der Waals surface area (Å²) in [6.07, 6.45) is 1.68. The monoisotopic (exact) mass is 202 g/mol. The molecule has 6 nitrogen and oxygen atoms in total. The number of hydrogen-bond donors (Lipinski definition) is 1. The lowest BCUT2D eigenvalue weighted by Gasteiger charge is -2.27. The van der Waals surface area contributed by atoms with E-state index in [0.29, 0.717) is 25.6 Å². The molecule has 1 aliphatic heterocycles. The Labute approximate surface area is 81.8 Å². The Balaban J connectivity index is 2.10. The third kappa shape index (κ3) is 3.69. The third-order valence-electron chi connectivity index (χ3n) is 2.29. The van der Waals surface area contributed by atoms with Gasteiger partial charge >= 0.3 is 5.97 Å². The van der Waals surface area contributed by atoms with Crippen LogP contribution >= 0.6 is 0 Å². The molecule has 0 aromatic heterocycles. The highest BCUT2D eigenvalue weighted by Crippen LogP contribution is 2.17. The van der Waals surface area contributed by atoms with Crippen molar-refractivity contribution < 1.29 is 14.6 Å². The zero-order valence-electron chi connectivity index (χ0n) is 7.89. The van der Waals surface area contributed by atoms with Crippen LogP contribution in [0.4, 0.5) is 0 Å². The van der Waals surface area contributed by atoms with Crippen LogP contribution in [-0.4, -0.2) is 42.4 Å². The minimum atomic E-state index is -0.947. The van der Waals surface area contributed by atoms with Crippen molar-refractivity contribution in [2.45, 2.75) is 12.8 Å². The van der Waals surface area contributed by atoms with Crippen molar-refractivity contribution in [3.63, 3.8) is 0 Å². The summed E-state index contributed by atoms with van der Waals surface area (Å²) in [4.78, 5) is 20.3. The summed E-state index contributed by atoms with van der Waals surface area (Å²) < 4.78 is 4.98. The zero-order chi connectivity index (χ0) is 10.4. The normalized spacial score (nSPS) is 18.1. The molecule has 1 rings (SSSR count). The molecular weight excluding hydrogens is 188 g/mol. The molecule has 0 bridgehead atoms. The van der Waals surface area contributed by atoms with Crippen molar-refractivity contribution in [3.05, 3.63) is 4.91 Å². The Bertz CT molecular complexity index is 202. The largest absolute Gasteiger partial charge is 0.480 e. The molecule has 0 radical (unpaired) electrons. The smallest absolute Gasteiger partial charge is 0.329 e. The van der Waals surface area contributed by atoms with Crippen LogP contribution in [0.25, 0.3) is 0 Å². The predicted molar refractivity (Wildman–Crippen MR) is 48.5 cm³/mol. The molecule has 1 fully saturated rings. The second-order valence-corrected chi connectivity index (χ2v) is 3.39. The first-order valence-corrected chi connectivity index (χ1v) is 4.60. The van der Waals surface area contributed by atoms with Crippen molar-refractivity contribution >= 4 is 5.97 Å². The molecule has 0 aromatic rings. The SMILES string of the molecule is O=NN1CCC(COCC(=O)O)CC1. The number of aliphatic carboxylic acids is 1. The number of carboxylic acids is 1. The van der Waals surface area contributed by atoms with Crippen molar-refractivity contribution in [1.82, 2.24) is 5.01 Å². The van der Waals surface area contributed by atoms with Gasteiger partial charge in [0.25, 0.3) is 0 Å². The average Bonchev–Trinajstić information content (AvgIpc) is 2.18. The molecule has 0 saturated carbocycles. The molecule has 0 atom stereocenters. The van der Waals surface area contributed by atoms with Crippen molar-refractivity contribution in [3.8, 4) is 0 Å². The second kappa shape index (κ2) is 5.54. The Morgan fingerprint density at radius 1 is 1.50 bits per heavy atom. The number of nitrogens with zero attached hydrogens (tertiary/aromatic N) is 2. The molecule has 1 aliphatic rings. The van der Waals surface area contributed by atoms with Crippen LogP contribution in [0, 0.1) is 10.8 Å². The Hall–Kier alpha value is -1.17. The number of rotatable bonds is 5. The number of nitroso groups, excluding NO2 is 1. The molecule has 14 heavy (non-hydrogen) atoms. The maximum Gasteiger partial charge on any atom is 0.329 e. The standard InChI is InChI=1S/C8H14N2O4/c11-8(12)6-14-5-7-1-3-10(9-13)4-2-7/h7H,1-6H2,(H,11,12). The molecule has 6 heteroatoms. The van der Waals surface area contributed by atoms with E-state index in [1.165, 1.54) is 5.01 Å². The quantitative estimate of drug-likeness (QED) is 0.656. The second-order valence-electron chi connectivity index (χ2n) is 3.39. The van der Waals surface area contributed by atoms with Crippen LogP contribution in [0.3, 0.4) is 0 Å². The van der Waals surface area contributed by atoms with Gasteiger partial charge < -0.3 is 9.84 Å². The number of hydrogen-bond acceptors (Lipinski definition) is 4. The molecule has 0 aromatic carbocycles. The van der Waals surface area contributed by atoms with E-state index < -0.39 is 5.97 Å². The summed E-state index contributed by atoms with van der Waals surface area (Å²) in [5.74, 6) is -0.593. The van der Waals surface area contributed by atoms with Gasteiger partial charge in [-0.05, 0) is 18.8 Å². The molecule has 1 N–H and O–H groups in total. The highest BCUT2D eigenvalue weighted by atomic mass is 16.5. The first-order valence-electron chi connectivity index (χ1n) is 4.60. The summed E-state index contributed by atoms with van der Waals surface area (Å²) in [5.41, 5.74) is 0. The highest BCUT2D eigenvalue weighted by molar-refractivity contribution is 5.67. The summed E-state index contributed by atoms with van der Waals surface area (Å²) in [5, 5.41) is 12.7. The van der Waals surface area contributed by atoms with Crippen LogP contribution in [0.2, 0.25) is 0 Å². The molecule has 1 heterocycles. The number of carbonyl (C=O) groups is 1. The van der Waals surface area contributed by atoms with Gasteiger partial charge in [0, 0.05) is 13.1 Å². The maximum absolute atomic E-state index is 10.1. The van der Waals surface area contributed by atoms with Gasteiger partial charge in [0.1, 0.15) is 6.61 Å². The summed E-state index contributed by atoms with van der Waals surface area (Å²) in [7, 11) is 0. The Kier molecular flexibility index (Phi) is 4.31.